The van der Waals surface area contributed by atoms with Gasteiger partial charge < -0.3 is 9.84 Å². The molecule has 0 aromatic heterocycles. The average molecular weight is 256 g/mol. The molecule has 0 bridgehead atoms. The molecule has 1 saturated carbocycles. The fourth-order valence-corrected chi connectivity index (χ4v) is 3.42. The second kappa shape index (κ2) is 5.92. The summed E-state index contributed by atoms with van der Waals surface area (Å²) in [5, 5.41) is 9.86. The van der Waals surface area contributed by atoms with Crippen molar-refractivity contribution in [2.24, 2.45) is 16.7 Å². The van der Waals surface area contributed by atoms with Crippen molar-refractivity contribution in [3.05, 3.63) is 0 Å². The highest BCUT2D eigenvalue weighted by Crippen LogP contribution is 2.50. The molecule has 0 aliphatic heterocycles. The average Bonchev–Trinajstić information content (AvgIpc) is 2.24. The van der Waals surface area contributed by atoms with E-state index < -0.39 is 0 Å². The van der Waals surface area contributed by atoms with Crippen LogP contribution in [0, 0.1) is 16.7 Å². The van der Waals surface area contributed by atoms with Gasteiger partial charge in [0.2, 0.25) is 0 Å². The molecule has 0 heterocycles. The van der Waals surface area contributed by atoms with E-state index in [-0.39, 0.29) is 23.0 Å². The Bertz CT molecular complexity index is 258. The van der Waals surface area contributed by atoms with Crippen LogP contribution in [0.2, 0.25) is 0 Å². The molecular formula is C16H32O2. The van der Waals surface area contributed by atoms with Gasteiger partial charge in [0.05, 0.1) is 18.8 Å². The smallest absolute Gasteiger partial charge is 0.0773 e. The largest absolute Gasteiger partial charge is 0.391 e. The van der Waals surface area contributed by atoms with Crippen molar-refractivity contribution in [2.45, 2.75) is 79.4 Å². The van der Waals surface area contributed by atoms with Gasteiger partial charge >= 0.3 is 0 Å². The van der Waals surface area contributed by atoms with E-state index in [0.717, 1.165) is 12.8 Å². The number of ether oxygens (including phenoxy) is 1. The van der Waals surface area contributed by atoms with Crippen LogP contribution in [-0.4, -0.2) is 23.9 Å². The highest BCUT2D eigenvalue weighted by molar-refractivity contribution is 4.97. The zero-order chi connectivity index (χ0) is 14.0. The third kappa shape index (κ3) is 3.48. The first-order valence-electron chi connectivity index (χ1n) is 7.51. The summed E-state index contributed by atoms with van der Waals surface area (Å²) in [5.41, 5.74) is 0.398. The van der Waals surface area contributed by atoms with Gasteiger partial charge in [0.25, 0.3) is 0 Å². The van der Waals surface area contributed by atoms with E-state index in [1.165, 1.54) is 12.8 Å². The SMILES string of the molecule is CCCC(O)CO[C@@H]1C(C)(C)CC[C@H](C)C1(C)C. The minimum atomic E-state index is -0.307. The molecule has 1 aliphatic carbocycles. The molecule has 1 fully saturated rings. The molecule has 1 rings (SSSR count). The Hall–Kier alpha value is -0.0800. The fourth-order valence-electron chi connectivity index (χ4n) is 3.42. The lowest BCUT2D eigenvalue weighted by Crippen LogP contribution is -2.51. The van der Waals surface area contributed by atoms with E-state index >= 15 is 0 Å². The van der Waals surface area contributed by atoms with Gasteiger partial charge in [-0.2, -0.15) is 0 Å². The maximum absolute atomic E-state index is 9.86. The molecule has 18 heavy (non-hydrogen) atoms. The van der Waals surface area contributed by atoms with Crippen molar-refractivity contribution >= 4 is 0 Å². The molecule has 0 aromatic rings. The quantitative estimate of drug-likeness (QED) is 0.805. The van der Waals surface area contributed by atoms with Crippen LogP contribution in [0.5, 0.6) is 0 Å². The molecule has 2 heteroatoms. The Balaban J connectivity index is 2.68. The predicted octanol–water partition coefficient (Wildman–Crippen LogP) is 4.01. The standard InChI is InChI=1S/C16H32O2/c1-7-8-13(17)11-18-14-15(3,4)10-9-12(2)16(14,5)6/h12-14,17H,7-11H2,1-6H3/t12-,13?,14+/m0/s1. The Morgan fingerprint density at radius 1 is 1.28 bits per heavy atom. The van der Waals surface area contributed by atoms with E-state index in [1.54, 1.807) is 0 Å². The molecular weight excluding hydrogens is 224 g/mol. The first-order valence-corrected chi connectivity index (χ1v) is 7.51. The highest BCUT2D eigenvalue weighted by atomic mass is 16.5. The topological polar surface area (TPSA) is 29.5 Å². The lowest BCUT2D eigenvalue weighted by molar-refractivity contribution is -0.156. The minimum Gasteiger partial charge on any atom is -0.391 e. The molecule has 108 valence electrons. The normalized spacial score (nSPS) is 32.2. The number of hydrogen-bond acceptors (Lipinski definition) is 2. The number of rotatable bonds is 5. The molecule has 0 saturated heterocycles. The number of hydrogen-bond donors (Lipinski definition) is 1. The monoisotopic (exact) mass is 256 g/mol. The van der Waals surface area contributed by atoms with Gasteiger partial charge in [-0.1, -0.05) is 48.0 Å². The van der Waals surface area contributed by atoms with E-state index in [0.29, 0.717) is 12.5 Å². The van der Waals surface area contributed by atoms with Crippen LogP contribution in [0.25, 0.3) is 0 Å². The lowest BCUT2D eigenvalue weighted by Gasteiger charge is -2.52. The van der Waals surface area contributed by atoms with Gasteiger partial charge in [-0.15, -0.1) is 0 Å². The van der Waals surface area contributed by atoms with E-state index in [4.69, 9.17) is 4.74 Å². The summed E-state index contributed by atoms with van der Waals surface area (Å²) >= 11 is 0. The van der Waals surface area contributed by atoms with Crippen molar-refractivity contribution in [1.29, 1.82) is 0 Å². The van der Waals surface area contributed by atoms with Crippen LogP contribution >= 0.6 is 0 Å². The lowest BCUT2D eigenvalue weighted by atomic mass is 9.58. The summed E-state index contributed by atoms with van der Waals surface area (Å²) in [6, 6.07) is 0. The third-order valence-corrected chi connectivity index (χ3v) is 4.95. The van der Waals surface area contributed by atoms with Crippen LogP contribution in [0.4, 0.5) is 0 Å². The molecule has 1 N–H and O–H groups in total. The third-order valence-electron chi connectivity index (χ3n) is 4.95. The maximum Gasteiger partial charge on any atom is 0.0773 e. The van der Waals surface area contributed by atoms with E-state index in [1.807, 2.05) is 0 Å². The number of aliphatic hydroxyl groups is 1. The second-order valence-electron chi connectivity index (χ2n) is 7.41. The molecule has 0 spiro atoms. The minimum absolute atomic E-state index is 0.188. The first-order chi connectivity index (χ1) is 8.21. The van der Waals surface area contributed by atoms with Crippen molar-refractivity contribution in [3.63, 3.8) is 0 Å². The zero-order valence-corrected chi connectivity index (χ0v) is 13.1. The van der Waals surface area contributed by atoms with Crippen molar-refractivity contribution in [1.82, 2.24) is 0 Å². The summed E-state index contributed by atoms with van der Waals surface area (Å²) in [7, 11) is 0. The van der Waals surface area contributed by atoms with Crippen LogP contribution in [0.1, 0.15) is 67.2 Å². The second-order valence-corrected chi connectivity index (χ2v) is 7.41. The van der Waals surface area contributed by atoms with Crippen molar-refractivity contribution in [2.75, 3.05) is 6.61 Å². The van der Waals surface area contributed by atoms with Crippen LogP contribution < -0.4 is 0 Å². The maximum atomic E-state index is 9.86. The zero-order valence-electron chi connectivity index (χ0n) is 13.1. The molecule has 1 unspecified atom stereocenters. The van der Waals surface area contributed by atoms with E-state index in [9.17, 15) is 5.11 Å². The van der Waals surface area contributed by atoms with Gasteiger partial charge in [0.15, 0.2) is 0 Å². The Morgan fingerprint density at radius 3 is 2.44 bits per heavy atom. The van der Waals surface area contributed by atoms with Gasteiger partial charge in [-0.25, -0.2) is 0 Å². The summed E-state index contributed by atoms with van der Waals surface area (Å²) < 4.78 is 6.15. The van der Waals surface area contributed by atoms with Gasteiger partial charge in [-0.3, -0.25) is 0 Å². The summed E-state index contributed by atoms with van der Waals surface area (Å²) in [6.07, 6.45) is 4.27. The highest BCUT2D eigenvalue weighted by Gasteiger charge is 2.48. The van der Waals surface area contributed by atoms with Crippen LogP contribution in [-0.2, 0) is 4.74 Å². The first kappa shape index (κ1) is 16.0. The van der Waals surface area contributed by atoms with Gasteiger partial charge in [-0.05, 0) is 36.0 Å². The van der Waals surface area contributed by atoms with Crippen molar-refractivity contribution in [3.8, 4) is 0 Å². The van der Waals surface area contributed by atoms with Crippen LogP contribution in [0.15, 0.2) is 0 Å². The summed E-state index contributed by atoms with van der Waals surface area (Å²) in [6.45, 7) is 14.1. The Kier molecular flexibility index (Phi) is 5.25. The Labute approximate surface area is 113 Å². The van der Waals surface area contributed by atoms with Gasteiger partial charge in [0.1, 0.15) is 0 Å². The molecule has 2 nitrogen and oxygen atoms in total. The molecule has 0 radical (unpaired) electrons. The fraction of sp³-hybridized carbons (Fsp3) is 1.00. The van der Waals surface area contributed by atoms with Gasteiger partial charge in [0, 0.05) is 0 Å². The molecule has 1 aliphatic rings. The predicted molar refractivity (Wildman–Crippen MR) is 76.6 cm³/mol. The summed E-state index contributed by atoms with van der Waals surface area (Å²) in [5.74, 6) is 0.679. The number of aliphatic hydroxyl groups excluding tert-OH is 1. The van der Waals surface area contributed by atoms with E-state index in [2.05, 4.69) is 41.5 Å². The Morgan fingerprint density at radius 2 is 1.89 bits per heavy atom. The van der Waals surface area contributed by atoms with Crippen molar-refractivity contribution < 1.29 is 9.84 Å². The molecule has 0 aromatic carbocycles. The molecule has 0 amide bonds. The summed E-state index contributed by atoms with van der Waals surface area (Å²) in [4.78, 5) is 0. The molecule has 3 atom stereocenters. The van der Waals surface area contributed by atoms with Crippen LogP contribution in [0.3, 0.4) is 0 Å².